The number of halogens is 1. The summed E-state index contributed by atoms with van der Waals surface area (Å²) in [7, 11) is 2.93. The van der Waals surface area contributed by atoms with Crippen molar-refractivity contribution in [3.63, 3.8) is 0 Å². The molecule has 0 unspecified atom stereocenters. The van der Waals surface area contributed by atoms with Crippen molar-refractivity contribution in [2.24, 2.45) is 0 Å². The molecule has 2 rings (SSSR count). The molecule has 0 bridgehead atoms. The molecule has 1 aromatic rings. The molecule has 1 aromatic heterocycles. The van der Waals surface area contributed by atoms with Gasteiger partial charge in [-0.2, -0.15) is 0 Å². The molecule has 1 fully saturated rings. The molecule has 0 radical (unpaired) electrons. The molecule has 0 atom stereocenters. The van der Waals surface area contributed by atoms with Crippen LogP contribution in [0.2, 0.25) is 0 Å². The first kappa shape index (κ1) is 14.2. The predicted octanol–water partition coefficient (Wildman–Crippen LogP) is 1.40. The van der Waals surface area contributed by atoms with Crippen LogP contribution in [0.5, 0.6) is 0 Å². The maximum Gasteiger partial charge on any atom is 0.338 e. The number of carbonyl (C=O) groups excluding carboxylic acids is 1. The lowest BCUT2D eigenvalue weighted by atomic mass is 9.91. The summed E-state index contributed by atoms with van der Waals surface area (Å²) in [5.41, 5.74) is -0.833. The van der Waals surface area contributed by atoms with Crippen molar-refractivity contribution in [1.29, 1.82) is 0 Å². The molecule has 1 aliphatic rings. The van der Waals surface area contributed by atoms with E-state index in [1.54, 1.807) is 19.5 Å². The highest BCUT2D eigenvalue weighted by atomic mass is 79.9. The van der Waals surface area contributed by atoms with Gasteiger partial charge < -0.3 is 14.4 Å². The highest BCUT2D eigenvalue weighted by Crippen LogP contribution is 2.28. The molecule has 0 aromatic carbocycles. The van der Waals surface area contributed by atoms with E-state index in [0.29, 0.717) is 31.9 Å². The van der Waals surface area contributed by atoms with Crippen LogP contribution in [0, 0.1) is 0 Å². The van der Waals surface area contributed by atoms with Crippen LogP contribution < -0.4 is 4.90 Å². The van der Waals surface area contributed by atoms with Gasteiger partial charge in [0, 0.05) is 45.4 Å². The number of hydrogen-bond donors (Lipinski definition) is 0. The van der Waals surface area contributed by atoms with Gasteiger partial charge in [0.15, 0.2) is 5.60 Å². The van der Waals surface area contributed by atoms with Gasteiger partial charge in [-0.1, -0.05) is 0 Å². The molecule has 0 aliphatic carbocycles. The minimum Gasteiger partial charge on any atom is -0.467 e. The topological polar surface area (TPSA) is 64.6 Å². The van der Waals surface area contributed by atoms with Crippen molar-refractivity contribution in [1.82, 2.24) is 9.97 Å². The van der Waals surface area contributed by atoms with E-state index in [9.17, 15) is 4.79 Å². The van der Waals surface area contributed by atoms with Crippen LogP contribution in [-0.2, 0) is 14.3 Å². The standard InChI is InChI=1S/C12H16BrN3O3/c1-18-10(17)12(19-2)3-5-16(6-4-12)11-14-7-9(13)8-15-11/h7-8H,3-6H2,1-2H3. The summed E-state index contributed by atoms with van der Waals surface area (Å²) in [4.78, 5) is 22.3. The quantitative estimate of drug-likeness (QED) is 0.781. The number of nitrogens with zero attached hydrogens (tertiary/aromatic N) is 3. The molecule has 7 heteroatoms. The lowest BCUT2D eigenvalue weighted by Crippen LogP contribution is -2.51. The van der Waals surface area contributed by atoms with Crippen LogP contribution in [0.25, 0.3) is 0 Å². The maximum atomic E-state index is 11.8. The molecule has 0 saturated carbocycles. The second-order valence-corrected chi connectivity index (χ2v) is 5.29. The predicted molar refractivity (Wildman–Crippen MR) is 72.9 cm³/mol. The fraction of sp³-hybridized carbons (Fsp3) is 0.583. The summed E-state index contributed by atoms with van der Waals surface area (Å²) < 4.78 is 11.0. The van der Waals surface area contributed by atoms with Gasteiger partial charge in [0.2, 0.25) is 5.95 Å². The molecule has 0 spiro atoms. The van der Waals surface area contributed by atoms with E-state index in [1.165, 1.54) is 7.11 Å². The number of esters is 1. The molecular weight excluding hydrogens is 314 g/mol. The number of carbonyl (C=O) groups is 1. The van der Waals surface area contributed by atoms with Gasteiger partial charge in [-0.05, 0) is 15.9 Å². The number of methoxy groups -OCH3 is 2. The van der Waals surface area contributed by atoms with Gasteiger partial charge in [0.1, 0.15) is 0 Å². The Morgan fingerprint density at radius 1 is 1.32 bits per heavy atom. The molecule has 104 valence electrons. The zero-order valence-electron chi connectivity index (χ0n) is 10.9. The molecule has 6 nitrogen and oxygen atoms in total. The third-order valence-electron chi connectivity index (χ3n) is 3.41. The second-order valence-electron chi connectivity index (χ2n) is 4.38. The smallest absolute Gasteiger partial charge is 0.338 e. The maximum absolute atomic E-state index is 11.8. The molecule has 19 heavy (non-hydrogen) atoms. The van der Waals surface area contributed by atoms with Gasteiger partial charge in [0.05, 0.1) is 11.6 Å². The average molecular weight is 330 g/mol. The van der Waals surface area contributed by atoms with Crippen molar-refractivity contribution in [2.45, 2.75) is 18.4 Å². The first-order chi connectivity index (χ1) is 9.11. The molecular formula is C12H16BrN3O3. The Kier molecular flexibility index (Phi) is 4.36. The monoisotopic (exact) mass is 329 g/mol. The van der Waals surface area contributed by atoms with Crippen LogP contribution in [0.1, 0.15) is 12.8 Å². The molecule has 1 saturated heterocycles. The van der Waals surface area contributed by atoms with E-state index in [-0.39, 0.29) is 5.97 Å². The second kappa shape index (κ2) is 5.83. The minimum absolute atomic E-state index is 0.314. The van der Waals surface area contributed by atoms with Crippen LogP contribution in [0.3, 0.4) is 0 Å². The number of anilines is 1. The fourth-order valence-corrected chi connectivity index (χ4v) is 2.42. The van der Waals surface area contributed by atoms with E-state index in [4.69, 9.17) is 9.47 Å². The SMILES string of the molecule is COC(=O)C1(OC)CCN(c2ncc(Br)cn2)CC1. The van der Waals surface area contributed by atoms with Crippen molar-refractivity contribution in [3.8, 4) is 0 Å². The zero-order valence-corrected chi connectivity index (χ0v) is 12.5. The summed E-state index contributed by atoms with van der Waals surface area (Å²) in [6.45, 7) is 1.31. The van der Waals surface area contributed by atoms with Crippen LogP contribution in [0.15, 0.2) is 16.9 Å². The first-order valence-electron chi connectivity index (χ1n) is 5.97. The van der Waals surface area contributed by atoms with Crippen LogP contribution in [0.4, 0.5) is 5.95 Å². The third kappa shape index (κ3) is 2.87. The average Bonchev–Trinajstić information content (AvgIpc) is 2.47. The Labute approximate surface area is 120 Å². The largest absolute Gasteiger partial charge is 0.467 e. The van der Waals surface area contributed by atoms with E-state index in [2.05, 4.69) is 25.9 Å². The summed E-state index contributed by atoms with van der Waals surface area (Å²) in [6.07, 6.45) is 4.55. The van der Waals surface area contributed by atoms with E-state index in [0.717, 1.165) is 4.47 Å². The Morgan fingerprint density at radius 3 is 2.37 bits per heavy atom. The van der Waals surface area contributed by atoms with E-state index >= 15 is 0 Å². The van der Waals surface area contributed by atoms with E-state index < -0.39 is 5.60 Å². The lowest BCUT2D eigenvalue weighted by Gasteiger charge is -2.38. The summed E-state index contributed by atoms with van der Waals surface area (Å²) in [6, 6.07) is 0. The van der Waals surface area contributed by atoms with E-state index in [1.807, 2.05) is 4.90 Å². The van der Waals surface area contributed by atoms with Gasteiger partial charge in [-0.15, -0.1) is 0 Å². The Morgan fingerprint density at radius 2 is 1.89 bits per heavy atom. The minimum atomic E-state index is -0.833. The number of hydrogen-bond acceptors (Lipinski definition) is 6. The number of piperidine rings is 1. The Hall–Kier alpha value is -1.21. The van der Waals surface area contributed by atoms with Crippen molar-refractivity contribution in [3.05, 3.63) is 16.9 Å². The molecule has 0 amide bonds. The summed E-state index contributed by atoms with van der Waals surface area (Å²) in [5.74, 6) is 0.351. The Bertz CT molecular complexity index is 444. The molecule has 0 N–H and O–H groups in total. The van der Waals surface area contributed by atoms with Gasteiger partial charge >= 0.3 is 5.97 Å². The highest BCUT2D eigenvalue weighted by Gasteiger charge is 2.43. The van der Waals surface area contributed by atoms with Crippen molar-refractivity contribution < 1.29 is 14.3 Å². The fourth-order valence-electron chi connectivity index (χ4n) is 2.21. The van der Waals surface area contributed by atoms with Crippen LogP contribution in [-0.4, -0.2) is 48.8 Å². The highest BCUT2D eigenvalue weighted by molar-refractivity contribution is 9.10. The number of aromatic nitrogens is 2. The van der Waals surface area contributed by atoms with Crippen LogP contribution >= 0.6 is 15.9 Å². The van der Waals surface area contributed by atoms with Crippen molar-refractivity contribution >= 4 is 27.8 Å². The normalized spacial score (nSPS) is 18.2. The van der Waals surface area contributed by atoms with Crippen molar-refractivity contribution in [2.75, 3.05) is 32.2 Å². The van der Waals surface area contributed by atoms with Gasteiger partial charge in [-0.3, -0.25) is 0 Å². The molecule has 2 heterocycles. The molecule has 1 aliphatic heterocycles. The number of ether oxygens (including phenoxy) is 2. The third-order valence-corrected chi connectivity index (χ3v) is 3.82. The summed E-state index contributed by atoms with van der Waals surface area (Å²) in [5, 5.41) is 0. The zero-order chi connectivity index (χ0) is 13.9. The van der Waals surface area contributed by atoms with Gasteiger partial charge in [0.25, 0.3) is 0 Å². The Balaban J connectivity index is 2.06. The van der Waals surface area contributed by atoms with Gasteiger partial charge in [-0.25, -0.2) is 14.8 Å². The summed E-state index contributed by atoms with van der Waals surface area (Å²) >= 11 is 3.30. The lowest BCUT2D eigenvalue weighted by molar-refractivity contribution is -0.168. The first-order valence-corrected chi connectivity index (χ1v) is 6.76. The number of rotatable bonds is 3.